The molecule has 1 aromatic carbocycles. The van der Waals surface area contributed by atoms with Gasteiger partial charge in [-0.05, 0) is 49.7 Å². The molecule has 1 aliphatic heterocycles. The van der Waals surface area contributed by atoms with Crippen molar-refractivity contribution in [3.05, 3.63) is 40.8 Å². The first kappa shape index (κ1) is 20.5. The normalized spacial score (nSPS) is 22.5. The zero-order valence-corrected chi connectivity index (χ0v) is 18.6. The van der Waals surface area contributed by atoms with E-state index in [1.165, 1.54) is 16.8 Å². The van der Waals surface area contributed by atoms with Crippen molar-refractivity contribution >= 4 is 28.9 Å². The van der Waals surface area contributed by atoms with E-state index in [-0.39, 0.29) is 23.8 Å². The fourth-order valence-corrected chi connectivity index (χ4v) is 5.22. The highest BCUT2D eigenvalue weighted by Crippen LogP contribution is 2.41. The van der Waals surface area contributed by atoms with Crippen molar-refractivity contribution in [1.82, 2.24) is 24.9 Å². The minimum absolute atomic E-state index is 0.0143. The first-order valence-electron chi connectivity index (χ1n) is 11.3. The fraction of sp³-hybridized carbons (Fsp3) is 0.478. The molecule has 0 bridgehead atoms. The molecule has 1 atom stereocenters. The molecular weight excluding hydrogens is 404 g/mol. The number of hydrogen-bond acceptors (Lipinski definition) is 7. The first-order chi connectivity index (χ1) is 15.4. The van der Waals surface area contributed by atoms with Crippen molar-refractivity contribution in [1.29, 1.82) is 0 Å². The molecule has 0 radical (unpaired) electrons. The third-order valence-electron chi connectivity index (χ3n) is 6.87. The van der Waals surface area contributed by atoms with Crippen LogP contribution >= 0.6 is 0 Å². The van der Waals surface area contributed by atoms with Gasteiger partial charge >= 0.3 is 0 Å². The van der Waals surface area contributed by atoms with Gasteiger partial charge in [0.1, 0.15) is 11.3 Å². The monoisotopic (exact) mass is 434 g/mol. The number of aryl methyl sites for hydroxylation is 1. The highest BCUT2D eigenvalue weighted by molar-refractivity contribution is 5.73. The van der Waals surface area contributed by atoms with Crippen LogP contribution in [0.1, 0.15) is 67.2 Å². The SMILES string of the molecule is CC(=O)NC[C@H]1CC[C@H](c2nc(C3Cc4cccc(C)c4N3)c3c(N)nc(N)nn32)CC1. The van der Waals surface area contributed by atoms with Crippen LogP contribution in [0.4, 0.5) is 17.5 Å². The van der Waals surface area contributed by atoms with E-state index in [2.05, 4.69) is 45.8 Å². The molecule has 32 heavy (non-hydrogen) atoms. The van der Waals surface area contributed by atoms with Crippen LogP contribution in [0, 0.1) is 12.8 Å². The van der Waals surface area contributed by atoms with Gasteiger partial charge in [-0.15, -0.1) is 5.10 Å². The maximum atomic E-state index is 11.2. The number of imidazole rings is 1. The number of benzene rings is 1. The third-order valence-corrected chi connectivity index (χ3v) is 6.87. The second-order valence-electron chi connectivity index (χ2n) is 9.14. The summed E-state index contributed by atoms with van der Waals surface area (Å²) in [4.78, 5) is 20.6. The Morgan fingerprint density at radius 1 is 1.22 bits per heavy atom. The number of nitrogens with one attached hydrogen (secondary N) is 2. The number of amides is 1. The Hall–Kier alpha value is -3.36. The zero-order valence-electron chi connectivity index (χ0n) is 18.6. The molecule has 3 heterocycles. The Balaban J connectivity index is 1.46. The number of carbonyl (C=O) groups excluding carboxylic acids is 1. The second-order valence-corrected chi connectivity index (χ2v) is 9.14. The van der Waals surface area contributed by atoms with Gasteiger partial charge in [0.05, 0.1) is 11.7 Å². The number of rotatable bonds is 4. The minimum atomic E-state index is 0.0143. The summed E-state index contributed by atoms with van der Waals surface area (Å²) in [7, 11) is 0. The number of anilines is 3. The molecule has 6 N–H and O–H groups in total. The van der Waals surface area contributed by atoms with E-state index in [4.69, 9.17) is 16.5 Å². The van der Waals surface area contributed by atoms with Gasteiger partial charge in [0.25, 0.3) is 0 Å². The number of nitrogens with zero attached hydrogens (tertiary/aromatic N) is 4. The molecule has 1 fully saturated rings. The lowest BCUT2D eigenvalue weighted by Crippen LogP contribution is -2.29. The largest absolute Gasteiger partial charge is 0.382 e. The zero-order chi connectivity index (χ0) is 22.4. The van der Waals surface area contributed by atoms with Crippen LogP contribution in [0.2, 0.25) is 0 Å². The Labute approximate surface area is 187 Å². The molecule has 9 heteroatoms. The van der Waals surface area contributed by atoms with Crippen LogP contribution in [0.25, 0.3) is 5.52 Å². The molecule has 5 rings (SSSR count). The topological polar surface area (TPSA) is 136 Å². The average molecular weight is 435 g/mol. The van der Waals surface area contributed by atoms with E-state index < -0.39 is 0 Å². The third kappa shape index (κ3) is 3.61. The highest BCUT2D eigenvalue weighted by Gasteiger charge is 2.32. The summed E-state index contributed by atoms with van der Waals surface area (Å²) in [6.45, 7) is 4.42. The van der Waals surface area contributed by atoms with Crippen molar-refractivity contribution in [3.8, 4) is 0 Å². The summed E-state index contributed by atoms with van der Waals surface area (Å²) >= 11 is 0. The number of nitrogen functional groups attached to an aromatic ring is 2. The molecule has 0 spiro atoms. The van der Waals surface area contributed by atoms with Crippen molar-refractivity contribution in [2.75, 3.05) is 23.3 Å². The summed E-state index contributed by atoms with van der Waals surface area (Å²) < 4.78 is 1.82. The number of fused-ring (bicyclic) bond motifs is 2. The van der Waals surface area contributed by atoms with Crippen LogP contribution in [-0.4, -0.2) is 32.0 Å². The summed E-state index contributed by atoms with van der Waals surface area (Å²) in [6.07, 6.45) is 4.90. The maximum Gasteiger partial charge on any atom is 0.240 e. The number of para-hydroxylation sites is 1. The molecule has 2 aliphatic rings. The number of carbonyl (C=O) groups is 1. The van der Waals surface area contributed by atoms with Crippen molar-refractivity contribution < 1.29 is 4.79 Å². The van der Waals surface area contributed by atoms with Crippen molar-refractivity contribution in [3.63, 3.8) is 0 Å². The Morgan fingerprint density at radius 3 is 2.72 bits per heavy atom. The first-order valence-corrected chi connectivity index (χ1v) is 11.3. The highest BCUT2D eigenvalue weighted by atomic mass is 16.1. The Bertz CT molecular complexity index is 1180. The second kappa shape index (κ2) is 7.96. The lowest BCUT2D eigenvalue weighted by atomic mass is 9.81. The van der Waals surface area contributed by atoms with Gasteiger partial charge in [0, 0.05) is 31.5 Å². The number of aromatic nitrogens is 4. The average Bonchev–Trinajstić information content (AvgIpc) is 3.35. The van der Waals surface area contributed by atoms with E-state index >= 15 is 0 Å². The van der Waals surface area contributed by atoms with E-state index in [9.17, 15) is 4.79 Å². The molecular formula is C23H30N8O. The minimum Gasteiger partial charge on any atom is -0.382 e. The van der Waals surface area contributed by atoms with E-state index in [0.717, 1.165) is 55.7 Å². The van der Waals surface area contributed by atoms with Crippen LogP contribution in [0.15, 0.2) is 18.2 Å². The standard InChI is InChI=1S/C23H30N8O/c1-12-4-3-5-16-10-17(27-18(12)16)19-20-21(24)29-23(25)30-31(20)22(28-19)15-8-6-14(7-9-15)11-26-13(2)32/h3-5,14-15,17,27H,6-11H2,1-2H3,(H,26,32)(H4,24,25,29,30)/t14-,15-,17?. The number of hydrogen-bond donors (Lipinski definition) is 4. The maximum absolute atomic E-state index is 11.2. The van der Waals surface area contributed by atoms with Gasteiger partial charge in [-0.25, -0.2) is 9.50 Å². The van der Waals surface area contributed by atoms with Crippen LogP contribution < -0.4 is 22.1 Å². The van der Waals surface area contributed by atoms with Gasteiger partial charge in [-0.2, -0.15) is 4.98 Å². The molecule has 2 aromatic heterocycles. The van der Waals surface area contributed by atoms with Gasteiger partial charge in [-0.3, -0.25) is 4.79 Å². The molecule has 1 aliphatic carbocycles. The van der Waals surface area contributed by atoms with Crippen molar-refractivity contribution in [2.45, 2.75) is 57.9 Å². The summed E-state index contributed by atoms with van der Waals surface area (Å²) in [5.41, 5.74) is 17.6. The fourth-order valence-electron chi connectivity index (χ4n) is 5.22. The predicted molar refractivity (Wildman–Crippen MR) is 124 cm³/mol. The van der Waals surface area contributed by atoms with Crippen molar-refractivity contribution in [2.24, 2.45) is 5.92 Å². The smallest absolute Gasteiger partial charge is 0.240 e. The lowest BCUT2D eigenvalue weighted by molar-refractivity contribution is -0.119. The summed E-state index contributed by atoms with van der Waals surface area (Å²) in [6, 6.07) is 6.37. The molecule has 1 unspecified atom stereocenters. The Morgan fingerprint density at radius 2 is 2.00 bits per heavy atom. The number of nitrogens with two attached hydrogens (primary N) is 2. The quantitative estimate of drug-likeness (QED) is 0.495. The molecule has 168 valence electrons. The van der Waals surface area contributed by atoms with Crippen LogP contribution in [0.5, 0.6) is 0 Å². The van der Waals surface area contributed by atoms with Crippen LogP contribution in [-0.2, 0) is 11.2 Å². The van der Waals surface area contributed by atoms with E-state index in [0.29, 0.717) is 11.7 Å². The molecule has 1 amide bonds. The van der Waals surface area contributed by atoms with Gasteiger partial charge in [-0.1, -0.05) is 18.2 Å². The summed E-state index contributed by atoms with van der Waals surface area (Å²) in [5.74, 6) is 2.21. The molecule has 1 saturated carbocycles. The molecule has 3 aromatic rings. The molecule has 0 saturated heterocycles. The lowest BCUT2D eigenvalue weighted by Gasteiger charge is -2.27. The summed E-state index contributed by atoms with van der Waals surface area (Å²) in [5, 5.41) is 11.1. The predicted octanol–water partition coefficient (Wildman–Crippen LogP) is 2.72. The van der Waals surface area contributed by atoms with Gasteiger partial charge < -0.3 is 22.1 Å². The van der Waals surface area contributed by atoms with E-state index in [1.54, 1.807) is 6.92 Å². The Kier molecular flexibility index (Phi) is 5.11. The molecule has 9 nitrogen and oxygen atoms in total. The van der Waals surface area contributed by atoms with Gasteiger partial charge in [0.15, 0.2) is 5.82 Å². The van der Waals surface area contributed by atoms with Crippen LogP contribution in [0.3, 0.4) is 0 Å². The van der Waals surface area contributed by atoms with E-state index in [1.807, 2.05) is 4.52 Å². The van der Waals surface area contributed by atoms with Gasteiger partial charge in [0.2, 0.25) is 11.9 Å².